The van der Waals surface area contributed by atoms with E-state index in [1.54, 1.807) is 24.3 Å². The van der Waals surface area contributed by atoms with Crippen LogP contribution in [0.4, 0.5) is 0 Å². The SMILES string of the molecule is O[C@@H]1C=C[C@H](O)[C@H]2[C@@H]1[C@H]1C=C[C@@H]2C1.O[C@@H]1C=C[C@H](O)[C@H]2[C@@H]1[C@H]1C=C[C@@H]2C1. The Morgan fingerprint density at radius 3 is 0.846 bits per heavy atom. The standard InChI is InChI=1S/2C11H14O2/c2*12-8-3-4-9(13)11-7-2-1-6(5-7)10(8)11/h2*1-4,6-13H,5H2/t2*6-,7+,8+,9-,10+,11-. The monoisotopic (exact) mass is 356 g/mol. The average molecular weight is 356 g/mol. The Balaban J connectivity index is 0.000000115. The highest BCUT2D eigenvalue weighted by atomic mass is 16.3. The molecule has 0 unspecified atom stereocenters. The van der Waals surface area contributed by atoms with E-state index in [9.17, 15) is 20.4 Å². The molecule has 6 aliphatic carbocycles. The lowest BCUT2D eigenvalue weighted by atomic mass is 9.73. The maximum atomic E-state index is 9.79. The van der Waals surface area contributed by atoms with Gasteiger partial charge in [-0.15, -0.1) is 0 Å². The third kappa shape index (κ3) is 2.43. The zero-order valence-corrected chi connectivity index (χ0v) is 14.8. The fourth-order valence-electron chi connectivity index (χ4n) is 6.69. The quantitative estimate of drug-likeness (QED) is 0.495. The molecule has 0 amide bonds. The second kappa shape index (κ2) is 6.16. The molecule has 6 aliphatic rings. The number of aliphatic hydroxyl groups excluding tert-OH is 4. The smallest absolute Gasteiger partial charge is 0.0759 e. The molecule has 4 heteroatoms. The molecular formula is C22H28O4. The van der Waals surface area contributed by atoms with E-state index in [2.05, 4.69) is 24.3 Å². The van der Waals surface area contributed by atoms with E-state index < -0.39 is 0 Å². The molecule has 0 aromatic heterocycles. The molecule has 0 saturated heterocycles. The van der Waals surface area contributed by atoms with Gasteiger partial charge in [0.2, 0.25) is 0 Å². The van der Waals surface area contributed by atoms with Crippen LogP contribution in [0.5, 0.6) is 0 Å². The zero-order valence-electron chi connectivity index (χ0n) is 14.8. The number of fused-ring (bicyclic) bond motifs is 10. The lowest BCUT2D eigenvalue weighted by Crippen LogP contribution is -2.39. The fourth-order valence-corrected chi connectivity index (χ4v) is 6.69. The van der Waals surface area contributed by atoms with Crippen molar-refractivity contribution in [2.75, 3.05) is 0 Å². The van der Waals surface area contributed by atoms with Crippen LogP contribution in [0, 0.1) is 47.3 Å². The van der Waals surface area contributed by atoms with Gasteiger partial charge in [0.15, 0.2) is 0 Å². The summed E-state index contributed by atoms with van der Waals surface area (Å²) >= 11 is 0. The first-order valence-electron chi connectivity index (χ1n) is 10.00. The molecular weight excluding hydrogens is 328 g/mol. The van der Waals surface area contributed by atoms with E-state index in [1.165, 1.54) is 0 Å². The summed E-state index contributed by atoms with van der Waals surface area (Å²) in [6, 6.07) is 0. The molecule has 4 N–H and O–H groups in total. The van der Waals surface area contributed by atoms with Crippen molar-refractivity contribution in [2.45, 2.75) is 37.3 Å². The van der Waals surface area contributed by atoms with E-state index in [-0.39, 0.29) is 48.1 Å². The summed E-state index contributed by atoms with van der Waals surface area (Å²) in [5, 5.41) is 39.1. The van der Waals surface area contributed by atoms with E-state index in [0.29, 0.717) is 23.7 Å². The van der Waals surface area contributed by atoms with Crippen molar-refractivity contribution in [2.24, 2.45) is 47.3 Å². The largest absolute Gasteiger partial charge is 0.389 e. The third-order valence-electron chi connectivity index (χ3n) is 7.75. The maximum Gasteiger partial charge on any atom is 0.0759 e. The van der Waals surface area contributed by atoms with Crippen molar-refractivity contribution in [3.63, 3.8) is 0 Å². The Morgan fingerprint density at radius 1 is 0.385 bits per heavy atom. The summed E-state index contributed by atoms with van der Waals surface area (Å²) in [4.78, 5) is 0. The first kappa shape index (κ1) is 16.9. The van der Waals surface area contributed by atoms with Gasteiger partial charge in [0, 0.05) is 23.7 Å². The molecule has 4 nitrogen and oxygen atoms in total. The molecule has 4 bridgehead atoms. The summed E-state index contributed by atoms with van der Waals surface area (Å²) in [7, 11) is 0. The molecule has 12 atom stereocenters. The number of rotatable bonds is 0. The van der Waals surface area contributed by atoms with Crippen molar-refractivity contribution in [1.82, 2.24) is 0 Å². The number of hydrogen-bond acceptors (Lipinski definition) is 4. The van der Waals surface area contributed by atoms with Crippen LogP contribution in [0.3, 0.4) is 0 Å². The van der Waals surface area contributed by atoms with Crippen LogP contribution in [-0.2, 0) is 0 Å². The highest BCUT2D eigenvalue weighted by Crippen LogP contribution is 2.53. The van der Waals surface area contributed by atoms with Crippen molar-refractivity contribution in [1.29, 1.82) is 0 Å². The zero-order chi connectivity index (χ0) is 18.0. The van der Waals surface area contributed by atoms with Gasteiger partial charge in [0.25, 0.3) is 0 Å². The van der Waals surface area contributed by atoms with Crippen LogP contribution in [0.2, 0.25) is 0 Å². The van der Waals surface area contributed by atoms with Crippen LogP contribution < -0.4 is 0 Å². The summed E-state index contributed by atoms with van der Waals surface area (Å²) in [5.74, 6) is 3.11. The molecule has 0 aromatic carbocycles. The molecule has 140 valence electrons. The van der Waals surface area contributed by atoms with Crippen molar-refractivity contribution in [3.05, 3.63) is 48.6 Å². The van der Waals surface area contributed by atoms with Gasteiger partial charge >= 0.3 is 0 Å². The summed E-state index contributed by atoms with van der Waals surface area (Å²) in [5.41, 5.74) is 0. The lowest BCUT2D eigenvalue weighted by molar-refractivity contribution is 0.0277. The van der Waals surface area contributed by atoms with Crippen LogP contribution in [0.15, 0.2) is 48.6 Å². The van der Waals surface area contributed by atoms with Gasteiger partial charge < -0.3 is 20.4 Å². The molecule has 2 fully saturated rings. The number of hydrogen-bond donors (Lipinski definition) is 4. The van der Waals surface area contributed by atoms with Crippen LogP contribution in [0.1, 0.15) is 12.8 Å². The first-order valence-corrected chi connectivity index (χ1v) is 10.00. The molecule has 6 rings (SSSR count). The minimum atomic E-state index is -0.339. The van der Waals surface area contributed by atoms with Crippen LogP contribution >= 0.6 is 0 Å². The van der Waals surface area contributed by atoms with Gasteiger partial charge in [-0.05, 0) is 36.5 Å². The minimum Gasteiger partial charge on any atom is -0.389 e. The Labute approximate surface area is 154 Å². The molecule has 0 aliphatic heterocycles. The van der Waals surface area contributed by atoms with Gasteiger partial charge in [-0.25, -0.2) is 0 Å². The number of aliphatic hydroxyl groups is 4. The Kier molecular flexibility index (Phi) is 4.02. The second-order valence-electron chi connectivity index (χ2n) is 8.94. The van der Waals surface area contributed by atoms with Gasteiger partial charge in [-0.1, -0.05) is 48.6 Å². The Bertz CT molecular complexity index is 570. The first-order chi connectivity index (χ1) is 12.5. The van der Waals surface area contributed by atoms with E-state index >= 15 is 0 Å². The second-order valence-corrected chi connectivity index (χ2v) is 8.94. The molecule has 0 heterocycles. The maximum absolute atomic E-state index is 9.79. The summed E-state index contributed by atoms with van der Waals surface area (Å²) < 4.78 is 0. The van der Waals surface area contributed by atoms with E-state index in [1.807, 2.05) is 0 Å². The predicted molar refractivity (Wildman–Crippen MR) is 97.7 cm³/mol. The Hall–Kier alpha value is -1.20. The predicted octanol–water partition coefficient (Wildman–Crippen LogP) is 1.43. The average Bonchev–Trinajstić information content (AvgIpc) is 3.41. The normalized spacial score (nSPS) is 57.1. The van der Waals surface area contributed by atoms with Crippen LogP contribution in [-0.4, -0.2) is 44.8 Å². The molecule has 2 saturated carbocycles. The fraction of sp³-hybridized carbons (Fsp3) is 0.636. The topological polar surface area (TPSA) is 80.9 Å². The van der Waals surface area contributed by atoms with Crippen molar-refractivity contribution in [3.8, 4) is 0 Å². The third-order valence-corrected chi connectivity index (χ3v) is 7.75. The molecule has 0 aromatic rings. The lowest BCUT2D eigenvalue weighted by Gasteiger charge is -2.36. The van der Waals surface area contributed by atoms with Gasteiger partial charge in [-0.3, -0.25) is 0 Å². The van der Waals surface area contributed by atoms with Gasteiger partial charge in [-0.2, -0.15) is 0 Å². The molecule has 26 heavy (non-hydrogen) atoms. The highest BCUT2D eigenvalue weighted by Gasteiger charge is 2.51. The van der Waals surface area contributed by atoms with E-state index in [4.69, 9.17) is 0 Å². The minimum absolute atomic E-state index is 0.273. The summed E-state index contributed by atoms with van der Waals surface area (Å²) in [6.07, 6.45) is 16.7. The molecule has 0 radical (unpaired) electrons. The highest BCUT2D eigenvalue weighted by molar-refractivity contribution is 5.23. The van der Waals surface area contributed by atoms with Gasteiger partial charge in [0.05, 0.1) is 24.4 Å². The van der Waals surface area contributed by atoms with Crippen molar-refractivity contribution < 1.29 is 20.4 Å². The molecule has 0 spiro atoms. The van der Waals surface area contributed by atoms with Gasteiger partial charge in [0.1, 0.15) is 0 Å². The summed E-state index contributed by atoms with van der Waals surface area (Å²) in [6.45, 7) is 0. The van der Waals surface area contributed by atoms with E-state index in [0.717, 1.165) is 12.8 Å². The Morgan fingerprint density at radius 2 is 0.615 bits per heavy atom. The number of allylic oxidation sites excluding steroid dienone is 4. The van der Waals surface area contributed by atoms with Crippen LogP contribution in [0.25, 0.3) is 0 Å². The van der Waals surface area contributed by atoms with Crippen molar-refractivity contribution >= 4 is 0 Å².